The van der Waals surface area contributed by atoms with Crippen LogP contribution in [0.2, 0.25) is 0 Å². The van der Waals surface area contributed by atoms with Crippen LogP contribution in [0.1, 0.15) is 25.0 Å². The molecule has 5 heteroatoms. The Morgan fingerprint density at radius 1 is 1.47 bits per heavy atom. The van der Waals surface area contributed by atoms with E-state index in [2.05, 4.69) is 0 Å². The fourth-order valence-corrected chi connectivity index (χ4v) is 1.66. The molecule has 1 aromatic rings. The fraction of sp³-hybridized carbons (Fsp3) is 0.500. The monoisotopic (exact) mass is 267 g/mol. The lowest BCUT2D eigenvalue weighted by Gasteiger charge is -2.18. The highest BCUT2D eigenvalue weighted by Gasteiger charge is 2.08. The fourth-order valence-electron chi connectivity index (χ4n) is 1.66. The maximum absolute atomic E-state index is 13.8. The highest BCUT2D eigenvalue weighted by atomic mass is 19.1. The molecule has 0 aromatic heterocycles. The number of likely N-dealkylation sites (N-methyl/N-ethyl adjacent to an activating group) is 1. The second-order valence-corrected chi connectivity index (χ2v) is 4.88. The van der Waals surface area contributed by atoms with Crippen LogP contribution in [0.5, 0.6) is 0 Å². The summed E-state index contributed by atoms with van der Waals surface area (Å²) >= 11 is 0. The van der Waals surface area contributed by atoms with Crippen molar-refractivity contribution >= 4 is 5.84 Å². The van der Waals surface area contributed by atoms with Gasteiger partial charge in [-0.3, -0.25) is 10.3 Å². The molecule has 0 aliphatic heterocycles. The number of nitrogens with two attached hydrogens (primary N) is 1. The van der Waals surface area contributed by atoms with Gasteiger partial charge in [0.25, 0.3) is 0 Å². The van der Waals surface area contributed by atoms with Gasteiger partial charge in [0, 0.05) is 24.2 Å². The molecule has 0 bridgehead atoms. The largest absolute Gasteiger partial charge is 0.384 e. The summed E-state index contributed by atoms with van der Waals surface area (Å²) in [6.07, 6.45) is 0.208. The quantitative estimate of drug-likeness (QED) is 0.586. The van der Waals surface area contributed by atoms with E-state index >= 15 is 0 Å². The smallest absolute Gasteiger partial charge is 0.128 e. The third kappa shape index (κ3) is 5.36. The number of hydrogen-bond acceptors (Lipinski definition) is 3. The number of rotatable bonds is 7. The lowest BCUT2D eigenvalue weighted by molar-refractivity contribution is 0.0625. The van der Waals surface area contributed by atoms with Gasteiger partial charge in [0.15, 0.2) is 0 Å². The number of nitrogens with one attached hydrogen (secondary N) is 1. The summed E-state index contributed by atoms with van der Waals surface area (Å²) < 4.78 is 19.3. The zero-order valence-electron chi connectivity index (χ0n) is 11.7. The van der Waals surface area contributed by atoms with E-state index in [0.717, 1.165) is 6.54 Å². The molecule has 0 aliphatic carbocycles. The molecule has 0 heterocycles. The molecule has 106 valence electrons. The van der Waals surface area contributed by atoms with Gasteiger partial charge in [0.1, 0.15) is 11.7 Å². The molecule has 3 N–H and O–H groups in total. The second kappa shape index (κ2) is 7.21. The minimum absolute atomic E-state index is 0.121. The maximum Gasteiger partial charge on any atom is 0.128 e. The number of nitrogens with zero attached hydrogens (tertiary/aromatic N) is 1. The Hall–Kier alpha value is -1.46. The molecule has 0 saturated heterocycles. The third-order valence-electron chi connectivity index (χ3n) is 2.73. The van der Waals surface area contributed by atoms with E-state index in [4.69, 9.17) is 15.9 Å². The van der Waals surface area contributed by atoms with Gasteiger partial charge in [-0.2, -0.15) is 0 Å². The van der Waals surface area contributed by atoms with Crippen molar-refractivity contribution in [2.24, 2.45) is 5.73 Å². The van der Waals surface area contributed by atoms with Gasteiger partial charge in [-0.15, -0.1) is 0 Å². The van der Waals surface area contributed by atoms with Crippen molar-refractivity contribution in [2.45, 2.75) is 26.5 Å². The lowest BCUT2D eigenvalue weighted by atomic mass is 10.1. The first-order chi connectivity index (χ1) is 8.90. The van der Waals surface area contributed by atoms with Crippen molar-refractivity contribution in [3.05, 3.63) is 35.1 Å². The normalized spacial score (nSPS) is 11.3. The lowest BCUT2D eigenvalue weighted by Crippen LogP contribution is -2.24. The van der Waals surface area contributed by atoms with Crippen LogP contribution < -0.4 is 5.73 Å². The maximum atomic E-state index is 13.8. The summed E-state index contributed by atoms with van der Waals surface area (Å²) in [4.78, 5) is 1.99. The molecule has 0 saturated carbocycles. The molecule has 1 rings (SSSR count). The second-order valence-electron chi connectivity index (χ2n) is 4.88. The first-order valence-electron chi connectivity index (χ1n) is 6.33. The highest BCUT2D eigenvalue weighted by Crippen LogP contribution is 2.12. The minimum Gasteiger partial charge on any atom is -0.384 e. The summed E-state index contributed by atoms with van der Waals surface area (Å²) in [6.45, 7) is 5.85. The Bertz CT molecular complexity index is 435. The van der Waals surface area contributed by atoms with Gasteiger partial charge < -0.3 is 10.5 Å². The summed E-state index contributed by atoms with van der Waals surface area (Å²) in [6, 6.07) is 4.64. The molecule has 0 aliphatic rings. The number of nitrogen functional groups attached to an aromatic ring is 1. The topological polar surface area (TPSA) is 62.3 Å². The van der Waals surface area contributed by atoms with Crippen LogP contribution in [0.15, 0.2) is 18.2 Å². The van der Waals surface area contributed by atoms with Gasteiger partial charge in [-0.25, -0.2) is 4.39 Å². The Labute approximate surface area is 113 Å². The van der Waals surface area contributed by atoms with Crippen molar-refractivity contribution in [3.63, 3.8) is 0 Å². The van der Waals surface area contributed by atoms with Crippen LogP contribution in [0.4, 0.5) is 4.39 Å². The van der Waals surface area contributed by atoms with Crippen molar-refractivity contribution in [3.8, 4) is 0 Å². The van der Waals surface area contributed by atoms with E-state index in [0.29, 0.717) is 24.3 Å². The molecule has 0 spiro atoms. The van der Waals surface area contributed by atoms with Crippen molar-refractivity contribution in [1.82, 2.24) is 4.90 Å². The van der Waals surface area contributed by atoms with Gasteiger partial charge in [0.2, 0.25) is 0 Å². The Morgan fingerprint density at radius 3 is 2.68 bits per heavy atom. The minimum atomic E-state index is -0.329. The number of amidine groups is 1. The first kappa shape index (κ1) is 15.6. The van der Waals surface area contributed by atoms with Gasteiger partial charge in [-0.05, 0) is 27.0 Å². The van der Waals surface area contributed by atoms with E-state index < -0.39 is 0 Å². The number of benzene rings is 1. The molecule has 0 unspecified atom stereocenters. The summed E-state index contributed by atoms with van der Waals surface area (Å²) in [5.74, 6) is -0.450. The highest BCUT2D eigenvalue weighted by molar-refractivity contribution is 5.94. The van der Waals surface area contributed by atoms with Crippen LogP contribution in [0.3, 0.4) is 0 Å². The Balaban J connectivity index is 2.54. The number of hydrogen-bond donors (Lipinski definition) is 2. The summed E-state index contributed by atoms with van der Waals surface area (Å²) in [5, 5.41) is 7.26. The predicted molar refractivity (Wildman–Crippen MR) is 74.8 cm³/mol. The Morgan fingerprint density at radius 2 is 2.16 bits per heavy atom. The summed E-state index contributed by atoms with van der Waals surface area (Å²) in [5.41, 5.74) is 6.32. The van der Waals surface area contributed by atoms with Crippen LogP contribution >= 0.6 is 0 Å². The van der Waals surface area contributed by atoms with E-state index in [1.54, 1.807) is 12.1 Å². The predicted octanol–water partition coefficient (Wildman–Crippen LogP) is 1.97. The number of halogens is 1. The molecular formula is C14H22FN3O. The number of ether oxygens (including phenoxy) is 1. The van der Waals surface area contributed by atoms with Gasteiger partial charge in [-0.1, -0.05) is 12.1 Å². The zero-order chi connectivity index (χ0) is 14.4. The molecule has 1 aromatic carbocycles. The van der Waals surface area contributed by atoms with Gasteiger partial charge in [0.05, 0.1) is 12.7 Å². The first-order valence-corrected chi connectivity index (χ1v) is 6.33. The average Bonchev–Trinajstić information content (AvgIpc) is 2.31. The van der Waals surface area contributed by atoms with Crippen LogP contribution in [-0.4, -0.2) is 37.0 Å². The van der Waals surface area contributed by atoms with E-state index in [1.807, 2.05) is 25.8 Å². The molecule has 0 fully saturated rings. The van der Waals surface area contributed by atoms with Crippen LogP contribution in [-0.2, 0) is 11.3 Å². The van der Waals surface area contributed by atoms with E-state index in [1.165, 1.54) is 6.07 Å². The standard InChI is InChI=1S/C14H22FN3O/c1-10(2)19-7-6-18(3)9-12-5-4-11(14(16)17)8-13(12)15/h4-5,8,10H,6-7,9H2,1-3H3,(H3,16,17). The molecule has 0 atom stereocenters. The molecule has 0 radical (unpaired) electrons. The van der Waals surface area contributed by atoms with E-state index in [-0.39, 0.29) is 17.8 Å². The Kier molecular flexibility index (Phi) is 5.92. The molecule has 19 heavy (non-hydrogen) atoms. The zero-order valence-corrected chi connectivity index (χ0v) is 11.7. The van der Waals surface area contributed by atoms with Crippen LogP contribution in [0.25, 0.3) is 0 Å². The van der Waals surface area contributed by atoms with Crippen LogP contribution in [0, 0.1) is 11.2 Å². The molecule has 4 nitrogen and oxygen atoms in total. The van der Waals surface area contributed by atoms with Crippen molar-refractivity contribution < 1.29 is 9.13 Å². The van der Waals surface area contributed by atoms with Crippen molar-refractivity contribution in [1.29, 1.82) is 5.41 Å². The van der Waals surface area contributed by atoms with E-state index in [9.17, 15) is 4.39 Å². The SMILES string of the molecule is CC(C)OCCN(C)Cc1ccc(C(=N)N)cc1F. The van der Waals surface area contributed by atoms with Crippen molar-refractivity contribution in [2.75, 3.05) is 20.2 Å². The third-order valence-corrected chi connectivity index (χ3v) is 2.73. The average molecular weight is 267 g/mol. The molecular weight excluding hydrogens is 245 g/mol. The molecule has 0 amide bonds. The summed E-state index contributed by atoms with van der Waals surface area (Å²) in [7, 11) is 1.92. The van der Waals surface area contributed by atoms with Gasteiger partial charge >= 0.3 is 0 Å².